The van der Waals surface area contributed by atoms with Crippen LogP contribution in [0.5, 0.6) is 0 Å². The normalized spacial score (nSPS) is 16.9. The van der Waals surface area contributed by atoms with Crippen LogP contribution in [-0.4, -0.2) is 37.4 Å². The summed E-state index contributed by atoms with van der Waals surface area (Å²) in [6, 6.07) is 14.4. The van der Waals surface area contributed by atoms with Gasteiger partial charge in [-0.1, -0.05) is 47.7 Å². The van der Waals surface area contributed by atoms with Gasteiger partial charge in [0.2, 0.25) is 11.1 Å². The van der Waals surface area contributed by atoms with Gasteiger partial charge in [0, 0.05) is 11.7 Å². The zero-order chi connectivity index (χ0) is 19.8. The van der Waals surface area contributed by atoms with Gasteiger partial charge in [0.15, 0.2) is 0 Å². The quantitative estimate of drug-likeness (QED) is 0.632. The van der Waals surface area contributed by atoms with Crippen LogP contribution < -0.4 is 4.90 Å². The fourth-order valence-corrected chi connectivity index (χ4v) is 4.60. The van der Waals surface area contributed by atoms with E-state index in [1.54, 1.807) is 4.68 Å². The van der Waals surface area contributed by atoms with Crippen molar-refractivity contribution >= 4 is 23.4 Å². The van der Waals surface area contributed by atoms with Gasteiger partial charge in [-0.15, -0.1) is 5.10 Å². The van der Waals surface area contributed by atoms with E-state index in [0.29, 0.717) is 5.16 Å². The molecule has 0 aliphatic carbocycles. The molecule has 28 heavy (non-hydrogen) atoms. The average Bonchev–Trinajstić information content (AvgIpc) is 3.24. The molecule has 0 unspecified atom stereocenters. The lowest BCUT2D eigenvalue weighted by Gasteiger charge is -2.25. The van der Waals surface area contributed by atoms with Crippen molar-refractivity contribution in [3.63, 3.8) is 0 Å². The summed E-state index contributed by atoms with van der Waals surface area (Å²) in [6.07, 6.45) is 0.888. The molecule has 1 aromatic heterocycles. The van der Waals surface area contributed by atoms with Gasteiger partial charge in [-0.2, -0.15) is 4.68 Å². The largest absolute Gasteiger partial charge is 0.308 e. The van der Waals surface area contributed by atoms with Crippen LogP contribution in [0.2, 0.25) is 0 Å². The lowest BCUT2D eigenvalue weighted by atomic mass is 10.1. The zero-order valence-corrected chi connectivity index (χ0v) is 17.3. The van der Waals surface area contributed by atoms with Crippen LogP contribution in [0, 0.1) is 13.8 Å². The Bertz CT molecular complexity index is 1030. The topological polar surface area (TPSA) is 63.9 Å². The molecule has 2 aromatic carbocycles. The van der Waals surface area contributed by atoms with E-state index >= 15 is 0 Å². The molecule has 2 heterocycles. The van der Waals surface area contributed by atoms with Gasteiger partial charge in [-0.25, -0.2) is 0 Å². The molecule has 6 nitrogen and oxygen atoms in total. The molecule has 2 atom stereocenters. The number of aromatic nitrogens is 4. The van der Waals surface area contributed by atoms with Crippen molar-refractivity contribution < 1.29 is 4.79 Å². The number of hydrogen-bond donors (Lipinski definition) is 0. The number of hydrogen-bond acceptors (Lipinski definition) is 5. The number of carbonyl (C=O) groups excluding carboxylic acids is 1. The Balaban J connectivity index is 1.58. The monoisotopic (exact) mass is 393 g/mol. The number of para-hydroxylation sites is 1. The fourth-order valence-electron chi connectivity index (χ4n) is 3.75. The molecule has 0 bridgehead atoms. The second-order valence-corrected chi connectivity index (χ2v) is 8.62. The summed E-state index contributed by atoms with van der Waals surface area (Å²) in [5.74, 6) is 0.0811. The number of fused-ring (bicyclic) bond motifs is 1. The first-order chi connectivity index (χ1) is 13.5. The van der Waals surface area contributed by atoms with Gasteiger partial charge in [-0.3, -0.25) is 4.79 Å². The Morgan fingerprint density at radius 3 is 2.75 bits per heavy atom. The number of nitrogens with zero attached hydrogens (tertiary/aromatic N) is 5. The second kappa shape index (κ2) is 7.39. The summed E-state index contributed by atoms with van der Waals surface area (Å²) in [5, 5.41) is 12.5. The number of carbonyl (C=O) groups is 1. The smallest absolute Gasteiger partial charge is 0.240 e. The van der Waals surface area contributed by atoms with Crippen molar-refractivity contribution in [2.75, 3.05) is 4.90 Å². The molecule has 0 saturated heterocycles. The van der Waals surface area contributed by atoms with Gasteiger partial charge in [0.1, 0.15) is 0 Å². The van der Waals surface area contributed by atoms with Crippen molar-refractivity contribution in [2.45, 2.75) is 50.6 Å². The minimum atomic E-state index is -0.302. The van der Waals surface area contributed by atoms with Crippen LogP contribution in [0.25, 0.3) is 5.69 Å². The molecule has 144 valence electrons. The molecule has 0 fully saturated rings. The number of rotatable bonds is 4. The van der Waals surface area contributed by atoms with E-state index in [1.165, 1.54) is 22.9 Å². The molecule has 0 radical (unpaired) electrons. The number of aryl methyl sites for hydroxylation is 2. The molecule has 0 spiro atoms. The third-order valence-corrected chi connectivity index (χ3v) is 6.12. The Hall–Kier alpha value is -2.67. The van der Waals surface area contributed by atoms with Crippen LogP contribution in [0.4, 0.5) is 5.69 Å². The molecule has 0 N–H and O–H groups in total. The van der Waals surface area contributed by atoms with Gasteiger partial charge in [0.25, 0.3) is 0 Å². The summed E-state index contributed by atoms with van der Waals surface area (Å²) in [7, 11) is 0. The van der Waals surface area contributed by atoms with Crippen LogP contribution in [0.1, 0.15) is 30.5 Å². The minimum absolute atomic E-state index is 0.0811. The summed E-state index contributed by atoms with van der Waals surface area (Å²) in [6.45, 7) is 8.11. The first kappa shape index (κ1) is 18.7. The highest BCUT2D eigenvalue weighted by atomic mass is 32.2. The molecular formula is C21H23N5OS. The van der Waals surface area contributed by atoms with Crippen LogP contribution in [0.15, 0.2) is 47.6 Å². The predicted molar refractivity (Wildman–Crippen MR) is 111 cm³/mol. The predicted octanol–water partition coefficient (Wildman–Crippen LogP) is 3.74. The third kappa shape index (κ3) is 3.30. The first-order valence-electron chi connectivity index (χ1n) is 9.39. The summed E-state index contributed by atoms with van der Waals surface area (Å²) < 4.78 is 1.71. The minimum Gasteiger partial charge on any atom is -0.308 e. The first-order valence-corrected chi connectivity index (χ1v) is 10.3. The Labute approximate surface area is 168 Å². The highest BCUT2D eigenvalue weighted by molar-refractivity contribution is 8.00. The van der Waals surface area contributed by atoms with E-state index in [9.17, 15) is 4.79 Å². The van der Waals surface area contributed by atoms with E-state index in [-0.39, 0.29) is 17.2 Å². The van der Waals surface area contributed by atoms with Crippen LogP contribution in [0.3, 0.4) is 0 Å². The summed E-state index contributed by atoms with van der Waals surface area (Å²) >= 11 is 1.39. The van der Waals surface area contributed by atoms with Gasteiger partial charge < -0.3 is 4.90 Å². The maximum absolute atomic E-state index is 13.2. The number of benzene rings is 2. The molecule has 1 amide bonds. The molecule has 0 saturated carbocycles. The standard InChI is InChI=1S/C21H23N5OS/c1-13-9-10-18(14(2)11-13)26-21(22-23-24-26)28-16(4)20(27)25-15(3)12-17-7-5-6-8-19(17)25/h5-11,15-16H,12H2,1-4H3/t15-,16-/m1/s1. The second-order valence-electron chi connectivity index (χ2n) is 7.31. The van der Waals surface area contributed by atoms with Crippen molar-refractivity contribution in [3.8, 4) is 5.69 Å². The van der Waals surface area contributed by atoms with Crippen molar-refractivity contribution in [1.82, 2.24) is 20.2 Å². The Kier molecular flexibility index (Phi) is 4.93. The number of anilines is 1. The zero-order valence-electron chi connectivity index (χ0n) is 16.5. The Morgan fingerprint density at radius 1 is 1.18 bits per heavy atom. The van der Waals surface area contributed by atoms with Gasteiger partial charge >= 0.3 is 0 Å². The third-order valence-electron chi connectivity index (χ3n) is 5.10. The Morgan fingerprint density at radius 2 is 1.96 bits per heavy atom. The molecule has 4 rings (SSSR count). The van der Waals surface area contributed by atoms with E-state index in [1.807, 2.05) is 49.1 Å². The molecule has 1 aliphatic heterocycles. The van der Waals surface area contributed by atoms with E-state index < -0.39 is 0 Å². The van der Waals surface area contributed by atoms with E-state index in [4.69, 9.17) is 0 Å². The van der Waals surface area contributed by atoms with Crippen molar-refractivity contribution in [1.29, 1.82) is 0 Å². The van der Waals surface area contributed by atoms with E-state index in [2.05, 4.69) is 41.5 Å². The number of thioether (sulfide) groups is 1. The van der Waals surface area contributed by atoms with Crippen LogP contribution >= 0.6 is 11.8 Å². The SMILES string of the molecule is Cc1ccc(-n2nnnc2S[C@H](C)C(=O)N2c3ccccc3C[C@H]2C)c(C)c1. The fraction of sp³-hybridized carbons (Fsp3) is 0.333. The summed E-state index contributed by atoms with van der Waals surface area (Å²) in [4.78, 5) is 15.1. The lowest BCUT2D eigenvalue weighted by Crippen LogP contribution is -2.40. The highest BCUT2D eigenvalue weighted by Crippen LogP contribution is 2.34. The number of tetrazole rings is 1. The molecular weight excluding hydrogens is 370 g/mol. The lowest BCUT2D eigenvalue weighted by molar-refractivity contribution is -0.118. The van der Waals surface area contributed by atoms with Crippen molar-refractivity contribution in [3.05, 3.63) is 59.2 Å². The average molecular weight is 394 g/mol. The maximum atomic E-state index is 13.2. The van der Waals surface area contributed by atoms with Gasteiger partial charge in [0.05, 0.1) is 10.9 Å². The maximum Gasteiger partial charge on any atom is 0.240 e. The summed E-state index contributed by atoms with van der Waals surface area (Å²) in [5.41, 5.74) is 5.45. The number of amides is 1. The molecule has 1 aliphatic rings. The molecule has 3 aromatic rings. The van der Waals surface area contributed by atoms with E-state index in [0.717, 1.165) is 23.4 Å². The van der Waals surface area contributed by atoms with Crippen LogP contribution in [-0.2, 0) is 11.2 Å². The molecule has 7 heteroatoms. The van der Waals surface area contributed by atoms with Crippen molar-refractivity contribution in [2.24, 2.45) is 0 Å². The van der Waals surface area contributed by atoms with Gasteiger partial charge in [-0.05, 0) is 67.8 Å². The highest BCUT2D eigenvalue weighted by Gasteiger charge is 2.34.